The van der Waals surface area contributed by atoms with Crippen molar-refractivity contribution < 1.29 is 13.9 Å². The number of pyridine rings is 1. The molecule has 0 bridgehead atoms. The lowest BCUT2D eigenvalue weighted by Gasteiger charge is -2.35. The van der Waals surface area contributed by atoms with Crippen LogP contribution >= 0.6 is 0 Å². The Morgan fingerprint density at radius 1 is 1.10 bits per heavy atom. The molecule has 2 heterocycles. The number of carbonyl (C=O) groups is 1. The maximum atomic E-state index is 14.6. The van der Waals surface area contributed by atoms with E-state index in [9.17, 15) is 9.18 Å². The van der Waals surface area contributed by atoms with Gasteiger partial charge in [-0.05, 0) is 54.7 Å². The van der Waals surface area contributed by atoms with Crippen LogP contribution < -0.4 is 4.74 Å². The summed E-state index contributed by atoms with van der Waals surface area (Å²) in [5.41, 5.74) is 4.35. The molecule has 1 aliphatic heterocycles. The quantitative estimate of drug-likeness (QED) is 0.619. The van der Waals surface area contributed by atoms with Gasteiger partial charge in [0.2, 0.25) is 5.91 Å². The first-order valence-corrected chi connectivity index (χ1v) is 10.6. The topological polar surface area (TPSA) is 42.4 Å². The number of piperidine rings is 1. The second-order valence-corrected chi connectivity index (χ2v) is 8.36. The van der Waals surface area contributed by atoms with Gasteiger partial charge in [0.05, 0.1) is 12.1 Å². The lowest BCUT2D eigenvalue weighted by Crippen LogP contribution is -2.49. The molecule has 0 N–H and O–H groups in total. The number of hydrogen-bond acceptors (Lipinski definition) is 3. The molecular weight excluding hydrogens is 379 g/mol. The Balaban J connectivity index is 1.28. The Kier molecular flexibility index (Phi) is 4.89. The van der Waals surface area contributed by atoms with Crippen LogP contribution in [-0.4, -0.2) is 41.2 Å². The van der Waals surface area contributed by atoms with Crippen molar-refractivity contribution in [2.75, 3.05) is 13.1 Å². The molecule has 2 atom stereocenters. The molecule has 1 saturated heterocycles. The summed E-state index contributed by atoms with van der Waals surface area (Å²) in [4.78, 5) is 18.3. The summed E-state index contributed by atoms with van der Waals surface area (Å²) >= 11 is 0. The number of hydrogen-bond donors (Lipinski definition) is 0. The van der Waals surface area contributed by atoms with Crippen LogP contribution in [0.5, 0.6) is 5.75 Å². The van der Waals surface area contributed by atoms with Gasteiger partial charge in [-0.25, -0.2) is 4.39 Å². The number of benzene rings is 2. The van der Waals surface area contributed by atoms with E-state index < -0.39 is 12.3 Å². The average Bonchev–Trinajstić information content (AvgIpc) is 3.61. The zero-order valence-electron chi connectivity index (χ0n) is 17.1. The van der Waals surface area contributed by atoms with E-state index in [1.807, 2.05) is 36.5 Å². The third kappa shape index (κ3) is 3.64. The number of aryl methyl sites for hydroxylation is 1. The third-order valence-electron chi connectivity index (χ3n) is 6.20. The van der Waals surface area contributed by atoms with Crippen LogP contribution in [0.1, 0.15) is 24.8 Å². The first-order valence-electron chi connectivity index (χ1n) is 10.6. The summed E-state index contributed by atoms with van der Waals surface area (Å²) < 4.78 is 20.6. The van der Waals surface area contributed by atoms with Crippen LogP contribution in [0.15, 0.2) is 54.7 Å². The molecule has 0 spiro atoms. The minimum absolute atomic E-state index is 0.112. The summed E-state index contributed by atoms with van der Waals surface area (Å²) in [6, 6.07) is 16.0. The largest absolute Gasteiger partial charge is 0.487 e. The maximum Gasteiger partial charge on any atom is 0.225 e. The van der Waals surface area contributed by atoms with Gasteiger partial charge in [-0.15, -0.1) is 0 Å². The van der Waals surface area contributed by atoms with Gasteiger partial charge in [-0.3, -0.25) is 9.78 Å². The highest BCUT2D eigenvalue weighted by molar-refractivity contribution is 5.88. The smallest absolute Gasteiger partial charge is 0.225 e. The molecule has 1 amide bonds. The van der Waals surface area contributed by atoms with Crippen LogP contribution in [0.3, 0.4) is 0 Å². The van der Waals surface area contributed by atoms with Gasteiger partial charge in [0.1, 0.15) is 11.9 Å². The van der Waals surface area contributed by atoms with Gasteiger partial charge in [0.25, 0.3) is 0 Å². The van der Waals surface area contributed by atoms with E-state index in [1.54, 1.807) is 4.90 Å². The summed E-state index contributed by atoms with van der Waals surface area (Å²) in [6.07, 6.45) is 2.57. The molecule has 5 rings (SSSR count). The SMILES string of the molecule is Cc1c(-c2ccc(O[C@H]3CCN(C(=O)C4CC4)C[C@H]3F)cc2)ccc2cccnc12. The van der Waals surface area contributed by atoms with E-state index in [1.165, 1.54) is 0 Å². The molecule has 4 nitrogen and oxygen atoms in total. The highest BCUT2D eigenvalue weighted by atomic mass is 19.1. The molecule has 1 saturated carbocycles. The van der Waals surface area contributed by atoms with E-state index in [0.717, 1.165) is 40.4 Å². The van der Waals surface area contributed by atoms with Crippen molar-refractivity contribution in [1.29, 1.82) is 0 Å². The monoisotopic (exact) mass is 404 g/mol. The highest BCUT2D eigenvalue weighted by Crippen LogP contribution is 2.33. The number of rotatable bonds is 4. The molecule has 5 heteroatoms. The van der Waals surface area contributed by atoms with E-state index in [0.29, 0.717) is 18.7 Å². The predicted molar refractivity (Wildman–Crippen MR) is 115 cm³/mol. The van der Waals surface area contributed by atoms with Gasteiger partial charge in [-0.2, -0.15) is 0 Å². The van der Waals surface area contributed by atoms with Crippen molar-refractivity contribution in [3.8, 4) is 16.9 Å². The number of ether oxygens (including phenoxy) is 1. The lowest BCUT2D eigenvalue weighted by atomic mass is 9.98. The number of aromatic nitrogens is 1. The number of likely N-dealkylation sites (tertiary alicyclic amines) is 1. The number of fused-ring (bicyclic) bond motifs is 1. The Morgan fingerprint density at radius 2 is 1.90 bits per heavy atom. The minimum atomic E-state index is -1.16. The Hall–Kier alpha value is -2.95. The minimum Gasteiger partial charge on any atom is -0.487 e. The predicted octanol–water partition coefficient (Wildman–Crippen LogP) is 4.94. The fraction of sp³-hybridized carbons (Fsp3) is 0.360. The number of amides is 1. The second kappa shape index (κ2) is 7.71. The standard InChI is InChI=1S/C25H25FN2O2/c1-16-21(11-8-18-3-2-13-27-24(16)18)17-6-9-20(10-7-17)30-23-12-14-28(15-22(23)26)25(29)19-4-5-19/h2-3,6-11,13,19,22-23H,4-5,12,14-15H2,1H3/t22-,23+/m1/s1. The number of carbonyl (C=O) groups excluding carboxylic acids is 1. The molecule has 2 aromatic carbocycles. The second-order valence-electron chi connectivity index (χ2n) is 8.36. The fourth-order valence-corrected chi connectivity index (χ4v) is 4.30. The van der Waals surface area contributed by atoms with Gasteiger partial charge >= 0.3 is 0 Å². The Morgan fingerprint density at radius 3 is 2.63 bits per heavy atom. The van der Waals surface area contributed by atoms with E-state index in [4.69, 9.17) is 4.74 Å². The Labute approximate surface area is 175 Å². The van der Waals surface area contributed by atoms with E-state index in [-0.39, 0.29) is 18.4 Å². The summed E-state index contributed by atoms with van der Waals surface area (Å²) in [5, 5.41) is 1.12. The molecule has 154 valence electrons. The molecule has 3 aromatic rings. The van der Waals surface area contributed by atoms with Gasteiger partial charge in [0, 0.05) is 30.5 Å². The third-order valence-corrected chi connectivity index (χ3v) is 6.20. The van der Waals surface area contributed by atoms with Crippen LogP contribution in [-0.2, 0) is 4.79 Å². The van der Waals surface area contributed by atoms with E-state index >= 15 is 0 Å². The molecular formula is C25H25FN2O2. The maximum absolute atomic E-state index is 14.6. The first-order chi connectivity index (χ1) is 14.6. The number of alkyl halides is 1. The van der Waals surface area contributed by atoms with Gasteiger partial charge < -0.3 is 9.64 Å². The molecule has 2 aliphatic rings. The van der Waals surface area contributed by atoms with Crippen molar-refractivity contribution in [2.24, 2.45) is 5.92 Å². The number of halogens is 1. The van der Waals surface area contributed by atoms with Gasteiger partial charge in [0.15, 0.2) is 6.17 Å². The summed E-state index contributed by atoms with van der Waals surface area (Å²) in [7, 11) is 0. The molecule has 0 unspecified atom stereocenters. The molecule has 1 aliphatic carbocycles. The van der Waals surface area contributed by atoms with Crippen LogP contribution in [0.4, 0.5) is 4.39 Å². The van der Waals surface area contributed by atoms with Crippen molar-refractivity contribution in [2.45, 2.75) is 38.5 Å². The fourth-order valence-electron chi connectivity index (χ4n) is 4.30. The zero-order chi connectivity index (χ0) is 20.7. The highest BCUT2D eigenvalue weighted by Gasteiger charge is 2.38. The zero-order valence-corrected chi connectivity index (χ0v) is 17.1. The number of nitrogens with zero attached hydrogens (tertiary/aromatic N) is 2. The summed E-state index contributed by atoms with van der Waals surface area (Å²) in [5.74, 6) is 0.904. The average molecular weight is 404 g/mol. The summed E-state index contributed by atoms with van der Waals surface area (Å²) in [6.45, 7) is 2.79. The van der Waals surface area contributed by atoms with Crippen molar-refractivity contribution in [1.82, 2.24) is 9.88 Å². The Bertz CT molecular complexity index is 1080. The van der Waals surface area contributed by atoms with Crippen molar-refractivity contribution >= 4 is 16.8 Å². The van der Waals surface area contributed by atoms with Crippen molar-refractivity contribution in [3.63, 3.8) is 0 Å². The first kappa shape index (κ1) is 19.0. The van der Waals surface area contributed by atoms with Crippen LogP contribution in [0.25, 0.3) is 22.0 Å². The van der Waals surface area contributed by atoms with Crippen LogP contribution in [0.2, 0.25) is 0 Å². The van der Waals surface area contributed by atoms with E-state index in [2.05, 4.69) is 30.1 Å². The lowest BCUT2D eigenvalue weighted by molar-refractivity contribution is -0.136. The molecule has 0 radical (unpaired) electrons. The molecule has 30 heavy (non-hydrogen) atoms. The van der Waals surface area contributed by atoms with Crippen LogP contribution in [0, 0.1) is 12.8 Å². The van der Waals surface area contributed by atoms with Gasteiger partial charge in [-0.1, -0.05) is 30.3 Å². The molecule has 2 fully saturated rings. The normalized spacial score (nSPS) is 21.6. The molecule has 1 aromatic heterocycles. The van der Waals surface area contributed by atoms with Crippen molar-refractivity contribution in [3.05, 3.63) is 60.3 Å².